The molecule has 0 aliphatic carbocycles. The lowest BCUT2D eigenvalue weighted by Gasteiger charge is -2.22. The lowest BCUT2D eigenvalue weighted by atomic mass is 10.1. The van der Waals surface area contributed by atoms with Gasteiger partial charge >= 0.3 is 0 Å². The second-order valence-corrected chi connectivity index (χ2v) is 4.78. The van der Waals surface area contributed by atoms with Gasteiger partial charge in [-0.05, 0) is 37.1 Å². The van der Waals surface area contributed by atoms with Crippen molar-refractivity contribution in [2.24, 2.45) is 5.73 Å². The highest BCUT2D eigenvalue weighted by atomic mass is 15.2. The number of hydrogen-bond acceptors (Lipinski definition) is 3. The first-order valence-corrected chi connectivity index (χ1v) is 6.66. The summed E-state index contributed by atoms with van der Waals surface area (Å²) in [5.74, 6) is 0.918. The quantitative estimate of drug-likeness (QED) is 0.910. The topological polar surface area (TPSA) is 42.2 Å². The maximum Gasteiger partial charge on any atom is 0.137 e. The van der Waals surface area contributed by atoms with Crippen LogP contribution in [0.25, 0.3) is 0 Å². The number of nitrogens with zero attached hydrogens (tertiary/aromatic N) is 2. The number of anilines is 2. The van der Waals surface area contributed by atoms with Crippen molar-refractivity contribution in [3.63, 3.8) is 0 Å². The third-order valence-corrected chi connectivity index (χ3v) is 3.36. The van der Waals surface area contributed by atoms with Crippen LogP contribution in [-0.2, 0) is 6.42 Å². The van der Waals surface area contributed by atoms with Gasteiger partial charge in [0.15, 0.2) is 0 Å². The Kier molecular flexibility index (Phi) is 4.17. The molecule has 1 aromatic carbocycles. The smallest absolute Gasteiger partial charge is 0.137 e. The van der Waals surface area contributed by atoms with Gasteiger partial charge in [0, 0.05) is 30.5 Å². The fraction of sp³-hybridized carbons (Fsp3) is 0.312. The van der Waals surface area contributed by atoms with E-state index in [1.54, 1.807) is 6.20 Å². The highest BCUT2D eigenvalue weighted by Crippen LogP contribution is 2.27. The molecule has 2 rings (SSSR count). The number of nitrogens with two attached hydrogens (primary N) is 1. The van der Waals surface area contributed by atoms with Crippen LogP contribution in [0.2, 0.25) is 0 Å². The third-order valence-electron chi connectivity index (χ3n) is 3.36. The second kappa shape index (κ2) is 5.85. The van der Waals surface area contributed by atoms with Crippen LogP contribution in [0, 0.1) is 0 Å². The summed E-state index contributed by atoms with van der Waals surface area (Å²) in [6.07, 6.45) is 2.86. The number of benzene rings is 1. The normalized spacial score (nSPS) is 12.2. The molecule has 0 amide bonds. The van der Waals surface area contributed by atoms with E-state index in [0.717, 1.165) is 23.5 Å². The van der Waals surface area contributed by atoms with E-state index in [-0.39, 0.29) is 6.04 Å². The summed E-state index contributed by atoms with van der Waals surface area (Å²) in [6.45, 7) is 4.14. The minimum absolute atomic E-state index is 0.0268. The van der Waals surface area contributed by atoms with Crippen molar-refractivity contribution in [2.45, 2.75) is 26.3 Å². The lowest BCUT2D eigenvalue weighted by Crippen LogP contribution is -2.17. The molecule has 0 aliphatic rings. The Morgan fingerprint density at radius 1 is 1.21 bits per heavy atom. The van der Waals surface area contributed by atoms with Crippen molar-refractivity contribution >= 4 is 11.5 Å². The van der Waals surface area contributed by atoms with E-state index in [4.69, 9.17) is 5.73 Å². The average molecular weight is 255 g/mol. The number of aromatic nitrogens is 1. The van der Waals surface area contributed by atoms with Crippen molar-refractivity contribution in [3.8, 4) is 0 Å². The zero-order valence-electron chi connectivity index (χ0n) is 11.8. The van der Waals surface area contributed by atoms with E-state index in [9.17, 15) is 0 Å². The first-order valence-electron chi connectivity index (χ1n) is 6.66. The molecule has 0 fully saturated rings. The fourth-order valence-corrected chi connectivity index (χ4v) is 2.12. The molecular formula is C16H21N3. The molecule has 0 spiro atoms. The number of aryl methyl sites for hydroxylation is 1. The SMILES string of the molecule is CCc1ccc(N(C)c2ncccc2[C@H](C)N)cc1. The van der Waals surface area contributed by atoms with Crippen LogP contribution < -0.4 is 10.6 Å². The summed E-state index contributed by atoms with van der Waals surface area (Å²) >= 11 is 0. The summed E-state index contributed by atoms with van der Waals surface area (Å²) in [7, 11) is 2.02. The predicted molar refractivity (Wildman–Crippen MR) is 80.7 cm³/mol. The van der Waals surface area contributed by atoms with Crippen LogP contribution in [0.5, 0.6) is 0 Å². The summed E-state index contributed by atoms with van der Waals surface area (Å²) < 4.78 is 0. The molecule has 0 saturated carbocycles. The van der Waals surface area contributed by atoms with Crippen LogP contribution in [0.1, 0.15) is 31.0 Å². The molecule has 0 bridgehead atoms. The Bertz CT molecular complexity index is 532. The Labute approximate surface area is 115 Å². The first-order chi connectivity index (χ1) is 9.13. The summed E-state index contributed by atoms with van der Waals surface area (Å²) in [4.78, 5) is 6.55. The van der Waals surface area contributed by atoms with Crippen LogP contribution in [0.4, 0.5) is 11.5 Å². The van der Waals surface area contributed by atoms with E-state index in [1.165, 1.54) is 5.56 Å². The summed E-state index contributed by atoms with van der Waals surface area (Å²) in [5, 5.41) is 0. The van der Waals surface area contributed by atoms with E-state index in [2.05, 4.69) is 41.1 Å². The molecule has 3 heteroatoms. The summed E-state index contributed by atoms with van der Waals surface area (Å²) in [5.41, 5.74) is 9.53. The minimum Gasteiger partial charge on any atom is -0.329 e. The molecule has 0 saturated heterocycles. The van der Waals surface area contributed by atoms with Crippen molar-refractivity contribution in [2.75, 3.05) is 11.9 Å². The highest BCUT2D eigenvalue weighted by Gasteiger charge is 2.12. The van der Waals surface area contributed by atoms with Gasteiger partial charge in [0.2, 0.25) is 0 Å². The molecule has 0 unspecified atom stereocenters. The molecule has 19 heavy (non-hydrogen) atoms. The van der Waals surface area contributed by atoms with Crippen molar-refractivity contribution < 1.29 is 0 Å². The van der Waals surface area contributed by atoms with E-state index >= 15 is 0 Å². The maximum absolute atomic E-state index is 6.01. The van der Waals surface area contributed by atoms with E-state index < -0.39 is 0 Å². The molecule has 1 heterocycles. The van der Waals surface area contributed by atoms with Gasteiger partial charge < -0.3 is 10.6 Å². The average Bonchev–Trinajstić information content (AvgIpc) is 2.46. The largest absolute Gasteiger partial charge is 0.329 e. The van der Waals surface area contributed by atoms with Crippen LogP contribution in [-0.4, -0.2) is 12.0 Å². The Balaban J connectivity index is 2.35. The minimum atomic E-state index is -0.0268. The lowest BCUT2D eigenvalue weighted by molar-refractivity contribution is 0.807. The standard InChI is InChI=1S/C16H21N3/c1-4-13-7-9-14(10-8-13)19(3)16-15(12(2)17)6-5-11-18-16/h5-12H,4,17H2,1-3H3/t12-/m0/s1. The highest BCUT2D eigenvalue weighted by molar-refractivity contribution is 5.62. The number of pyridine rings is 1. The second-order valence-electron chi connectivity index (χ2n) is 4.78. The zero-order chi connectivity index (χ0) is 13.8. The van der Waals surface area contributed by atoms with Gasteiger partial charge in [0.25, 0.3) is 0 Å². The fourth-order valence-electron chi connectivity index (χ4n) is 2.12. The molecule has 1 atom stereocenters. The monoisotopic (exact) mass is 255 g/mol. The first kappa shape index (κ1) is 13.6. The molecule has 1 aromatic heterocycles. The van der Waals surface area contributed by atoms with Gasteiger partial charge in [-0.25, -0.2) is 4.98 Å². The molecular weight excluding hydrogens is 234 g/mol. The van der Waals surface area contributed by atoms with Crippen molar-refractivity contribution in [1.82, 2.24) is 4.98 Å². The molecule has 0 aliphatic heterocycles. The van der Waals surface area contributed by atoms with Crippen molar-refractivity contribution in [3.05, 3.63) is 53.7 Å². The number of hydrogen-bond donors (Lipinski definition) is 1. The zero-order valence-corrected chi connectivity index (χ0v) is 11.8. The van der Waals surface area contributed by atoms with E-state index in [0.29, 0.717) is 0 Å². The summed E-state index contributed by atoms with van der Waals surface area (Å²) in [6, 6.07) is 12.5. The van der Waals surface area contributed by atoms with Crippen LogP contribution in [0.15, 0.2) is 42.6 Å². The molecule has 0 radical (unpaired) electrons. The van der Waals surface area contributed by atoms with Gasteiger partial charge in [0.05, 0.1) is 0 Å². The predicted octanol–water partition coefficient (Wildman–Crippen LogP) is 3.43. The van der Waals surface area contributed by atoms with E-state index in [1.807, 2.05) is 26.1 Å². The Morgan fingerprint density at radius 3 is 2.47 bits per heavy atom. The maximum atomic E-state index is 6.01. The van der Waals surface area contributed by atoms with Gasteiger partial charge in [0.1, 0.15) is 5.82 Å². The third kappa shape index (κ3) is 2.93. The Morgan fingerprint density at radius 2 is 1.89 bits per heavy atom. The van der Waals surface area contributed by atoms with Gasteiger partial charge in [-0.1, -0.05) is 25.1 Å². The van der Waals surface area contributed by atoms with Gasteiger partial charge in [-0.3, -0.25) is 0 Å². The van der Waals surface area contributed by atoms with Crippen LogP contribution in [0.3, 0.4) is 0 Å². The molecule has 100 valence electrons. The van der Waals surface area contributed by atoms with Crippen molar-refractivity contribution in [1.29, 1.82) is 0 Å². The van der Waals surface area contributed by atoms with Crippen LogP contribution >= 0.6 is 0 Å². The Hall–Kier alpha value is -1.87. The molecule has 2 aromatic rings. The van der Waals surface area contributed by atoms with Gasteiger partial charge in [-0.15, -0.1) is 0 Å². The number of rotatable bonds is 4. The van der Waals surface area contributed by atoms with Gasteiger partial charge in [-0.2, -0.15) is 0 Å². The molecule has 2 N–H and O–H groups in total. The molecule has 3 nitrogen and oxygen atoms in total.